The highest BCUT2D eigenvalue weighted by Crippen LogP contribution is 2.41. The highest BCUT2D eigenvalue weighted by Gasteiger charge is 2.24. The van der Waals surface area contributed by atoms with Gasteiger partial charge in [0.2, 0.25) is 11.1 Å². The molecule has 176 valence electrons. The smallest absolute Gasteiger partial charge is 0.234 e. The number of halogens is 3. The lowest BCUT2D eigenvalue weighted by Crippen LogP contribution is -2.29. The first-order valence-corrected chi connectivity index (χ1v) is 12.2. The second kappa shape index (κ2) is 9.92. The molecule has 0 spiro atoms. The number of rotatable bonds is 6. The second-order valence-corrected chi connectivity index (χ2v) is 10.2. The van der Waals surface area contributed by atoms with Gasteiger partial charge in [-0.15, -0.1) is 5.10 Å². The number of aromatic nitrogens is 4. The summed E-state index contributed by atoms with van der Waals surface area (Å²) in [5.41, 5.74) is 7.09. The van der Waals surface area contributed by atoms with E-state index in [-0.39, 0.29) is 22.0 Å². The molecule has 34 heavy (non-hydrogen) atoms. The number of carbonyl (C=O) groups is 1. The molecule has 0 unspecified atom stereocenters. The molecule has 0 atom stereocenters. The van der Waals surface area contributed by atoms with Crippen molar-refractivity contribution in [2.75, 3.05) is 11.1 Å². The maximum atomic E-state index is 14.6. The van der Waals surface area contributed by atoms with Gasteiger partial charge in [-0.2, -0.15) is 4.68 Å². The normalized spacial score (nSPS) is 13.4. The fraction of sp³-hybridized carbons (Fsp3) is 0.304. The number of nitrogens with one attached hydrogen (secondary N) is 1. The van der Waals surface area contributed by atoms with Crippen LogP contribution in [0, 0.1) is 17.7 Å². The highest BCUT2D eigenvalue weighted by atomic mass is 35.5. The molecule has 7 nitrogen and oxygen atoms in total. The number of carbonyl (C=O) groups excluding carboxylic acids is 1. The number of benzene rings is 2. The van der Waals surface area contributed by atoms with Crippen molar-refractivity contribution in [3.63, 3.8) is 0 Å². The molecule has 1 amide bonds. The summed E-state index contributed by atoms with van der Waals surface area (Å²) in [6.45, 7) is 3.42. The molecule has 1 fully saturated rings. The number of amides is 1. The van der Waals surface area contributed by atoms with E-state index in [4.69, 9.17) is 28.9 Å². The van der Waals surface area contributed by atoms with E-state index in [1.54, 1.807) is 13.8 Å². The SMILES string of the molecule is CC(C)(N)C#Cc1ccc(NC(=O)CSc2nnnn2-c2ccc(C3CC3)cc2Cl)c(Cl)c1F. The van der Waals surface area contributed by atoms with Crippen LogP contribution in [-0.4, -0.2) is 37.4 Å². The molecule has 1 aliphatic carbocycles. The van der Waals surface area contributed by atoms with Crippen molar-refractivity contribution in [2.24, 2.45) is 5.73 Å². The summed E-state index contributed by atoms with van der Waals surface area (Å²) in [7, 11) is 0. The Hall–Kier alpha value is -2.64. The summed E-state index contributed by atoms with van der Waals surface area (Å²) < 4.78 is 16.1. The topological polar surface area (TPSA) is 98.7 Å². The van der Waals surface area contributed by atoms with Crippen LogP contribution in [0.4, 0.5) is 10.1 Å². The zero-order valence-electron chi connectivity index (χ0n) is 18.4. The molecule has 1 saturated carbocycles. The van der Waals surface area contributed by atoms with Gasteiger partial charge < -0.3 is 11.1 Å². The van der Waals surface area contributed by atoms with Crippen LogP contribution in [0.25, 0.3) is 5.69 Å². The van der Waals surface area contributed by atoms with Crippen LogP contribution in [0.2, 0.25) is 10.0 Å². The standard InChI is InChI=1S/C23H21Cl2FN6OS/c1-23(2,27)10-9-14-5-7-17(20(25)21(14)26)28-19(33)12-34-22-29-30-31-32(22)18-8-6-15(11-16(18)24)13-3-4-13/h5-8,11,13H,3-4,12,27H2,1-2H3,(H,28,33). The summed E-state index contributed by atoms with van der Waals surface area (Å²) in [5.74, 6) is 4.83. The van der Waals surface area contributed by atoms with Crippen LogP contribution in [0.15, 0.2) is 35.5 Å². The summed E-state index contributed by atoms with van der Waals surface area (Å²) in [5, 5.41) is 15.0. The number of thioether (sulfide) groups is 1. The average Bonchev–Trinajstić information content (AvgIpc) is 3.53. The van der Waals surface area contributed by atoms with Crippen molar-refractivity contribution in [1.82, 2.24) is 20.2 Å². The first kappa shape index (κ1) is 24.5. The van der Waals surface area contributed by atoms with Gasteiger partial charge in [0.05, 0.1) is 33.3 Å². The van der Waals surface area contributed by atoms with Crippen LogP contribution in [0.3, 0.4) is 0 Å². The van der Waals surface area contributed by atoms with E-state index in [1.165, 1.54) is 35.2 Å². The monoisotopic (exact) mass is 518 g/mol. The van der Waals surface area contributed by atoms with E-state index < -0.39 is 17.3 Å². The van der Waals surface area contributed by atoms with Crippen LogP contribution in [0.5, 0.6) is 0 Å². The predicted molar refractivity (Wildman–Crippen MR) is 132 cm³/mol. The Morgan fingerprint density at radius 3 is 2.76 bits per heavy atom. The third-order valence-corrected chi connectivity index (χ3v) is 6.49. The number of hydrogen-bond donors (Lipinski definition) is 2. The summed E-state index contributed by atoms with van der Waals surface area (Å²) >= 11 is 13.7. The lowest BCUT2D eigenvalue weighted by atomic mass is 10.1. The van der Waals surface area contributed by atoms with Gasteiger partial charge in [0, 0.05) is 0 Å². The molecule has 0 radical (unpaired) electrons. The minimum Gasteiger partial charge on any atom is -0.324 e. The van der Waals surface area contributed by atoms with Gasteiger partial charge in [-0.3, -0.25) is 4.79 Å². The maximum Gasteiger partial charge on any atom is 0.234 e. The first-order chi connectivity index (χ1) is 16.1. The van der Waals surface area contributed by atoms with Crippen LogP contribution in [0.1, 0.15) is 43.7 Å². The molecule has 3 N–H and O–H groups in total. The van der Waals surface area contributed by atoms with E-state index in [0.717, 1.165) is 11.8 Å². The van der Waals surface area contributed by atoms with Gasteiger partial charge in [-0.25, -0.2) is 4.39 Å². The van der Waals surface area contributed by atoms with Gasteiger partial charge in [0.25, 0.3) is 0 Å². The molecule has 1 aromatic heterocycles. The van der Waals surface area contributed by atoms with E-state index in [1.807, 2.05) is 18.2 Å². The quantitative estimate of drug-likeness (QED) is 0.359. The maximum absolute atomic E-state index is 14.6. The zero-order chi connectivity index (χ0) is 24.5. The highest BCUT2D eigenvalue weighted by molar-refractivity contribution is 7.99. The van der Waals surface area contributed by atoms with Crippen LogP contribution in [-0.2, 0) is 4.79 Å². The molecule has 0 saturated heterocycles. The fourth-order valence-corrected chi connectivity index (χ4v) is 4.24. The van der Waals surface area contributed by atoms with Crippen molar-refractivity contribution in [3.05, 3.63) is 57.3 Å². The summed E-state index contributed by atoms with van der Waals surface area (Å²) in [6.07, 6.45) is 2.35. The Labute approximate surface area is 210 Å². The summed E-state index contributed by atoms with van der Waals surface area (Å²) in [6, 6.07) is 8.75. The van der Waals surface area contributed by atoms with Crippen molar-refractivity contribution in [3.8, 4) is 17.5 Å². The molecular formula is C23H21Cl2FN6OS. The second-order valence-electron chi connectivity index (χ2n) is 8.46. The Bertz CT molecular complexity index is 1310. The molecule has 4 rings (SSSR count). The fourth-order valence-electron chi connectivity index (χ4n) is 3.07. The van der Waals surface area contributed by atoms with E-state index >= 15 is 0 Å². The Morgan fingerprint density at radius 1 is 1.32 bits per heavy atom. The number of anilines is 1. The van der Waals surface area contributed by atoms with Crippen molar-refractivity contribution < 1.29 is 9.18 Å². The third-order valence-electron chi connectivity index (χ3n) is 4.90. The van der Waals surface area contributed by atoms with Crippen LogP contribution < -0.4 is 11.1 Å². The van der Waals surface area contributed by atoms with Gasteiger partial charge in [0.1, 0.15) is 5.02 Å². The number of nitrogens with two attached hydrogens (primary N) is 1. The van der Waals surface area contributed by atoms with Crippen molar-refractivity contribution in [1.29, 1.82) is 0 Å². The molecule has 1 heterocycles. The van der Waals surface area contributed by atoms with Gasteiger partial charge in [-0.1, -0.05) is 52.9 Å². The number of hydrogen-bond acceptors (Lipinski definition) is 6. The Kier molecular flexibility index (Phi) is 7.14. The molecule has 2 aromatic carbocycles. The first-order valence-electron chi connectivity index (χ1n) is 10.4. The number of nitrogens with zero attached hydrogens (tertiary/aromatic N) is 4. The molecule has 3 aromatic rings. The van der Waals surface area contributed by atoms with E-state index in [2.05, 4.69) is 32.7 Å². The molecule has 0 bridgehead atoms. The average molecular weight is 519 g/mol. The Morgan fingerprint density at radius 2 is 2.09 bits per heavy atom. The zero-order valence-corrected chi connectivity index (χ0v) is 20.7. The van der Waals surface area contributed by atoms with E-state index in [9.17, 15) is 9.18 Å². The van der Waals surface area contributed by atoms with E-state index in [0.29, 0.717) is 21.8 Å². The van der Waals surface area contributed by atoms with Crippen LogP contribution >= 0.6 is 35.0 Å². The van der Waals surface area contributed by atoms with Gasteiger partial charge in [-0.05, 0) is 72.9 Å². The lowest BCUT2D eigenvalue weighted by molar-refractivity contribution is -0.113. The minimum absolute atomic E-state index is 0.0288. The van der Waals surface area contributed by atoms with Gasteiger partial charge in [0.15, 0.2) is 5.82 Å². The van der Waals surface area contributed by atoms with Crippen molar-refractivity contribution >= 4 is 46.6 Å². The largest absolute Gasteiger partial charge is 0.324 e. The van der Waals surface area contributed by atoms with Crippen molar-refractivity contribution in [2.45, 2.75) is 43.3 Å². The molecular weight excluding hydrogens is 498 g/mol. The predicted octanol–water partition coefficient (Wildman–Crippen LogP) is 4.81. The van der Waals surface area contributed by atoms with Gasteiger partial charge >= 0.3 is 0 Å². The number of tetrazole rings is 1. The molecule has 11 heteroatoms. The Balaban J connectivity index is 1.42. The third kappa shape index (κ3) is 5.88. The molecule has 0 aliphatic heterocycles. The molecule has 1 aliphatic rings. The minimum atomic E-state index is -0.776. The summed E-state index contributed by atoms with van der Waals surface area (Å²) in [4.78, 5) is 12.5. The lowest BCUT2D eigenvalue weighted by Gasteiger charge is -2.10.